The Morgan fingerprint density at radius 3 is 2.42 bits per heavy atom. The first kappa shape index (κ1) is 14.5. The largest absolute Gasteiger partial charge is 0.373 e. The first-order valence-electron chi connectivity index (χ1n) is 7.39. The van der Waals surface area contributed by atoms with Crippen LogP contribution in [0.3, 0.4) is 0 Å². The lowest BCUT2D eigenvalue weighted by molar-refractivity contribution is -0.00174. The molecule has 2 heteroatoms. The molecule has 2 nitrogen and oxygen atoms in total. The van der Waals surface area contributed by atoms with Crippen LogP contribution in [0.15, 0.2) is 24.3 Å². The van der Waals surface area contributed by atoms with Gasteiger partial charge in [-0.1, -0.05) is 45.0 Å². The van der Waals surface area contributed by atoms with Crippen LogP contribution in [0.25, 0.3) is 0 Å². The summed E-state index contributed by atoms with van der Waals surface area (Å²) >= 11 is 0. The van der Waals surface area contributed by atoms with Crippen molar-refractivity contribution < 1.29 is 4.74 Å². The van der Waals surface area contributed by atoms with E-state index in [1.807, 2.05) is 0 Å². The van der Waals surface area contributed by atoms with E-state index in [1.54, 1.807) is 0 Å². The zero-order valence-corrected chi connectivity index (χ0v) is 12.7. The van der Waals surface area contributed by atoms with Crippen LogP contribution in [0.2, 0.25) is 0 Å². The van der Waals surface area contributed by atoms with Crippen molar-refractivity contribution in [3.05, 3.63) is 35.4 Å². The van der Waals surface area contributed by atoms with Crippen molar-refractivity contribution in [2.45, 2.75) is 64.0 Å². The summed E-state index contributed by atoms with van der Waals surface area (Å²) in [5, 5.41) is 0. The Morgan fingerprint density at radius 1 is 1.32 bits per heavy atom. The van der Waals surface area contributed by atoms with E-state index in [1.165, 1.54) is 11.1 Å². The Kier molecular flexibility index (Phi) is 4.03. The molecule has 106 valence electrons. The summed E-state index contributed by atoms with van der Waals surface area (Å²) in [6, 6.07) is 8.75. The Morgan fingerprint density at radius 2 is 1.95 bits per heavy atom. The normalized spacial score (nSPS) is 25.5. The fourth-order valence-corrected chi connectivity index (χ4v) is 2.74. The fraction of sp³-hybridized carbons (Fsp3) is 0.647. The quantitative estimate of drug-likeness (QED) is 0.891. The predicted molar refractivity (Wildman–Crippen MR) is 80.3 cm³/mol. The summed E-state index contributed by atoms with van der Waals surface area (Å²) in [6.07, 6.45) is 3.31. The molecule has 2 unspecified atom stereocenters. The molecule has 0 saturated carbocycles. The summed E-state index contributed by atoms with van der Waals surface area (Å²) in [6.45, 7) is 9.76. The van der Waals surface area contributed by atoms with Crippen molar-refractivity contribution in [2.24, 2.45) is 5.73 Å². The van der Waals surface area contributed by atoms with Crippen LogP contribution in [-0.4, -0.2) is 12.2 Å². The highest BCUT2D eigenvalue weighted by molar-refractivity contribution is 5.31. The van der Waals surface area contributed by atoms with E-state index in [9.17, 15) is 0 Å². The molecule has 1 aliphatic rings. The third-order valence-corrected chi connectivity index (χ3v) is 4.84. The second-order valence-electron chi connectivity index (χ2n) is 6.60. The molecular weight excluding hydrogens is 234 g/mol. The SMILES string of the molecule is CCC(C)(C)c1ccc(C(N)C2(C)CCCO2)cc1. The third-order valence-electron chi connectivity index (χ3n) is 4.84. The second kappa shape index (κ2) is 5.26. The van der Waals surface area contributed by atoms with Gasteiger partial charge < -0.3 is 10.5 Å². The highest BCUT2D eigenvalue weighted by Gasteiger charge is 2.37. The van der Waals surface area contributed by atoms with Crippen molar-refractivity contribution in [3.63, 3.8) is 0 Å². The van der Waals surface area contributed by atoms with Gasteiger partial charge in [-0.2, -0.15) is 0 Å². The lowest BCUT2D eigenvalue weighted by Crippen LogP contribution is -2.37. The summed E-state index contributed by atoms with van der Waals surface area (Å²) in [7, 11) is 0. The number of benzene rings is 1. The molecule has 19 heavy (non-hydrogen) atoms. The number of hydrogen-bond acceptors (Lipinski definition) is 2. The molecule has 2 atom stereocenters. The number of rotatable bonds is 4. The first-order chi connectivity index (χ1) is 8.89. The van der Waals surface area contributed by atoms with Crippen molar-refractivity contribution >= 4 is 0 Å². The highest BCUT2D eigenvalue weighted by atomic mass is 16.5. The topological polar surface area (TPSA) is 35.2 Å². The molecule has 0 aromatic heterocycles. The van der Waals surface area contributed by atoms with Crippen LogP contribution in [-0.2, 0) is 10.2 Å². The van der Waals surface area contributed by atoms with E-state index in [0.29, 0.717) is 0 Å². The summed E-state index contributed by atoms with van der Waals surface area (Å²) < 4.78 is 5.85. The molecule has 2 N–H and O–H groups in total. The van der Waals surface area contributed by atoms with Crippen molar-refractivity contribution in [3.8, 4) is 0 Å². The minimum absolute atomic E-state index is 0.0335. The van der Waals surface area contributed by atoms with Crippen LogP contribution >= 0.6 is 0 Å². The van der Waals surface area contributed by atoms with Crippen LogP contribution in [0.5, 0.6) is 0 Å². The van der Waals surface area contributed by atoms with E-state index in [-0.39, 0.29) is 17.1 Å². The predicted octanol–water partition coefficient (Wildman–Crippen LogP) is 3.94. The van der Waals surface area contributed by atoms with Gasteiger partial charge in [0.15, 0.2) is 0 Å². The van der Waals surface area contributed by atoms with E-state index in [0.717, 1.165) is 25.9 Å². The third kappa shape index (κ3) is 2.85. The van der Waals surface area contributed by atoms with Gasteiger partial charge in [0.2, 0.25) is 0 Å². The highest BCUT2D eigenvalue weighted by Crippen LogP contribution is 2.36. The maximum atomic E-state index is 6.40. The van der Waals surface area contributed by atoms with Crippen molar-refractivity contribution in [2.75, 3.05) is 6.61 Å². The number of nitrogens with two attached hydrogens (primary N) is 1. The first-order valence-corrected chi connectivity index (χ1v) is 7.39. The lowest BCUT2D eigenvalue weighted by atomic mass is 9.81. The van der Waals surface area contributed by atoms with Crippen LogP contribution in [0.4, 0.5) is 0 Å². The average molecular weight is 261 g/mol. The molecule has 1 aliphatic heterocycles. The van der Waals surface area contributed by atoms with Crippen molar-refractivity contribution in [1.82, 2.24) is 0 Å². The van der Waals surface area contributed by atoms with Crippen LogP contribution in [0, 0.1) is 0 Å². The standard InChI is InChI=1S/C17H27NO/c1-5-16(2,3)14-9-7-13(8-10-14)15(18)17(4)11-6-12-19-17/h7-10,15H,5-6,11-12,18H2,1-4H3. The fourth-order valence-electron chi connectivity index (χ4n) is 2.74. The average Bonchev–Trinajstić information content (AvgIpc) is 2.86. The van der Waals surface area contributed by atoms with Gasteiger partial charge in [-0.15, -0.1) is 0 Å². The molecule has 1 fully saturated rings. The van der Waals surface area contributed by atoms with Gasteiger partial charge >= 0.3 is 0 Å². The smallest absolute Gasteiger partial charge is 0.0847 e. The maximum Gasteiger partial charge on any atom is 0.0847 e. The summed E-state index contributed by atoms with van der Waals surface area (Å²) in [5.41, 5.74) is 9.00. The molecule has 0 radical (unpaired) electrons. The lowest BCUT2D eigenvalue weighted by Gasteiger charge is -2.31. The molecule has 1 aromatic carbocycles. The zero-order chi connectivity index (χ0) is 14.1. The molecule has 0 spiro atoms. The zero-order valence-electron chi connectivity index (χ0n) is 12.7. The molecule has 0 amide bonds. The molecule has 2 rings (SSSR count). The van der Waals surface area contributed by atoms with Crippen molar-refractivity contribution in [1.29, 1.82) is 0 Å². The van der Waals surface area contributed by atoms with Crippen LogP contribution < -0.4 is 5.73 Å². The summed E-state index contributed by atoms with van der Waals surface area (Å²) in [5.74, 6) is 0. The van der Waals surface area contributed by atoms with Gasteiger partial charge in [0.25, 0.3) is 0 Å². The van der Waals surface area contributed by atoms with E-state index in [4.69, 9.17) is 10.5 Å². The number of ether oxygens (including phenoxy) is 1. The molecule has 1 heterocycles. The second-order valence-corrected chi connectivity index (χ2v) is 6.60. The van der Waals surface area contributed by atoms with Gasteiger partial charge in [0.1, 0.15) is 0 Å². The Bertz CT molecular complexity index is 415. The Labute approximate surface area is 117 Å². The maximum absolute atomic E-state index is 6.40. The Hall–Kier alpha value is -0.860. The summed E-state index contributed by atoms with van der Waals surface area (Å²) in [4.78, 5) is 0. The van der Waals surface area contributed by atoms with E-state index < -0.39 is 0 Å². The van der Waals surface area contributed by atoms with Gasteiger partial charge in [0, 0.05) is 6.61 Å². The van der Waals surface area contributed by atoms with Gasteiger partial charge in [-0.3, -0.25) is 0 Å². The number of hydrogen-bond donors (Lipinski definition) is 1. The molecule has 0 aliphatic carbocycles. The van der Waals surface area contributed by atoms with E-state index >= 15 is 0 Å². The van der Waals surface area contributed by atoms with Gasteiger partial charge in [0.05, 0.1) is 11.6 Å². The minimum Gasteiger partial charge on any atom is -0.373 e. The molecule has 1 aromatic rings. The molecular formula is C17H27NO. The monoisotopic (exact) mass is 261 g/mol. The van der Waals surface area contributed by atoms with Crippen LogP contribution in [0.1, 0.15) is 64.1 Å². The molecule has 1 saturated heterocycles. The van der Waals surface area contributed by atoms with Gasteiger partial charge in [-0.25, -0.2) is 0 Å². The van der Waals surface area contributed by atoms with E-state index in [2.05, 4.69) is 52.0 Å². The van der Waals surface area contributed by atoms with Gasteiger partial charge in [-0.05, 0) is 42.7 Å². The minimum atomic E-state index is -0.193. The Balaban J connectivity index is 2.18. The molecule has 0 bridgehead atoms.